The zero-order valence-electron chi connectivity index (χ0n) is 26.2. The van der Waals surface area contributed by atoms with Gasteiger partial charge in [-0.25, -0.2) is 0 Å². The van der Waals surface area contributed by atoms with Crippen molar-refractivity contribution in [3.63, 3.8) is 0 Å². The first-order chi connectivity index (χ1) is 21.6. The molecule has 0 spiro atoms. The molecule has 0 saturated heterocycles. The SMILES string of the molecule is NC(=O)C(=O)c1cccs1.NC(=O)C(O)(c1cccs1)C1CC(=O)C(C(O)(C(N)=O)c2cccs2)CC1=O.O=C1CCC(=O)CC1.[H-].[Na+]. The van der Waals surface area contributed by atoms with Crippen LogP contribution in [0.1, 0.15) is 59.4 Å². The second-order valence-electron chi connectivity index (χ2n) is 10.4. The van der Waals surface area contributed by atoms with Gasteiger partial charge in [0.2, 0.25) is 0 Å². The van der Waals surface area contributed by atoms with Crippen LogP contribution >= 0.6 is 34.0 Å². The molecule has 3 aromatic rings. The van der Waals surface area contributed by atoms with Crippen LogP contribution < -0.4 is 46.8 Å². The Morgan fingerprint density at radius 3 is 1.30 bits per heavy atom. The van der Waals surface area contributed by atoms with Gasteiger partial charge in [-0.15, -0.1) is 34.0 Å². The zero-order valence-corrected chi connectivity index (χ0v) is 29.7. The number of Topliss-reactive ketones (excluding diaryl/α,β-unsaturated/α-hetero) is 5. The van der Waals surface area contributed by atoms with Gasteiger partial charge in [0.05, 0.1) is 16.7 Å². The molecule has 2 aliphatic rings. The Hall–Kier alpha value is -3.22. The normalized spacial score (nSPS) is 20.1. The summed E-state index contributed by atoms with van der Waals surface area (Å²) < 4.78 is 0. The van der Waals surface area contributed by atoms with E-state index in [1.165, 1.54) is 23.5 Å². The fraction of sp³-hybridized carbons (Fsp3) is 0.333. The third kappa shape index (κ3) is 9.23. The molecular formula is C30H32N3NaO10S3. The number of hydrogen-bond acceptors (Lipinski definition) is 13. The number of aliphatic hydroxyl groups is 2. The molecule has 17 heteroatoms. The summed E-state index contributed by atoms with van der Waals surface area (Å²) in [6.45, 7) is 0. The van der Waals surface area contributed by atoms with Crippen molar-refractivity contribution in [2.75, 3.05) is 0 Å². The third-order valence-corrected chi connectivity index (χ3v) is 10.3. The van der Waals surface area contributed by atoms with Crippen LogP contribution in [0.2, 0.25) is 0 Å². The van der Waals surface area contributed by atoms with Gasteiger partial charge in [0.1, 0.15) is 23.1 Å². The van der Waals surface area contributed by atoms with E-state index in [1.807, 2.05) is 0 Å². The van der Waals surface area contributed by atoms with Crippen LogP contribution in [0, 0.1) is 11.8 Å². The second kappa shape index (κ2) is 17.3. The number of thiophene rings is 3. The van der Waals surface area contributed by atoms with Gasteiger partial charge in [0.25, 0.3) is 23.5 Å². The number of carbonyl (C=O) groups excluding carboxylic acids is 8. The van der Waals surface area contributed by atoms with Crippen molar-refractivity contribution in [1.82, 2.24) is 0 Å². The predicted molar refractivity (Wildman–Crippen MR) is 168 cm³/mol. The second-order valence-corrected chi connectivity index (χ2v) is 13.3. The average molecular weight is 714 g/mol. The van der Waals surface area contributed by atoms with E-state index in [1.54, 1.807) is 40.4 Å². The van der Waals surface area contributed by atoms with Gasteiger partial charge in [-0.05, 0) is 34.3 Å². The van der Waals surface area contributed by atoms with Gasteiger partial charge in [-0.2, -0.15) is 0 Å². The van der Waals surface area contributed by atoms with Crippen molar-refractivity contribution in [2.45, 2.75) is 49.7 Å². The van der Waals surface area contributed by atoms with E-state index in [0.717, 1.165) is 22.7 Å². The molecule has 8 N–H and O–H groups in total. The van der Waals surface area contributed by atoms with Crippen LogP contribution in [-0.4, -0.2) is 56.9 Å². The summed E-state index contributed by atoms with van der Waals surface area (Å²) in [5, 5.41) is 26.8. The molecule has 5 rings (SSSR count). The van der Waals surface area contributed by atoms with Gasteiger partial charge in [-0.1, -0.05) is 18.2 Å². The maximum Gasteiger partial charge on any atom is 1.00 e. The molecule has 2 fully saturated rings. The molecule has 3 heterocycles. The standard InChI is InChI=1S/C18H18N2O6S2.C6H5NO2S.C6H8O2.Na.H/c19-15(23)17(25,13-3-1-5-27-13)9-7-12(22)10(8-11(9)21)18(26,16(20)24)14-4-2-6-28-14;7-6(9)5(8)4-2-1-3-10-4;7-5-1-2-6(8)4-3-5;;/h1-6,9-10,25-26H,7-8H2,(H2,19,23)(H2,20,24);1-3H,(H2,7,9);1-4H2;;/q;;;+1;-1. The summed E-state index contributed by atoms with van der Waals surface area (Å²) in [4.78, 5) is 92.4. The average Bonchev–Trinajstić information content (AvgIpc) is 3.83. The molecule has 0 radical (unpaired) electrons. The number of rotatable bonds is 8. The Morgan fingerprint density at radius 2 is 1.02 bits per heavy atom. The number of nitrogens with two attached hydrogens (primary N) is 3. The molecule has 2 saturated carbocycles. The smallest absolute Gasteiger partial charge is 1.00 e. The van der Waals surface area contributed by atoms with E-state index < -0.39 is 71.0 Å². The molecule has 3 amide bonds. The van der Waals surface area contributed by atoms with E-state index in [-0.39, 0.29) is 52.3 Å². The summed E-state index contributed by atoms with van der Waals surface area (Å²) in [6, 6.07) is 9.32. The molecule has 0 aromatic carbocycles. The van der Waals surface area contributed by atoms with Gasteiger partial charge < -0.3 is 28.8 Å². The van der Waals surface area contributed by atoms with E-state index in [2.05, 4.69) is 0 Å². The molecule has 0 bridgehead atoms. The van der Waals surface area contributed by atoms with Crippen molar-refractivity contribution in [3.8, 4) is 0 Å². The van der Waals surface area contributed by atoms with Crippen molar-refractivity contribution in [2.24, 2.45) is 29.0 Å². The monoisotopic (exact) mass is 713 g/mol. The predicted octanol–water partition coefficient (Wildman–Crippen LogP) is -1.75. The van der Waals surface area contributed by atoms with E-state index in [0.29, 0.717) is 30.6 Å². The first-order valence-corrected chi connectivity index (χ1v) is 16.4. The molecule has 4 atom stereocenters. The number of amides is 3. The van der Waals surface area contributed by atoms with Crippen LogP contribution in [0.15, 0.2) is 52.5 Å². The topological polar surface area (TPSA) is 255 Å². The van der Waals surface area contributed by atoms with E-state index in [4.69, 9.17) is 17.2 Å². The molecule has 47 heavy (non-hydrogen) atoms. The van der Waals surface area contributed by atoms with Gasteiger partial charge in [0, 0.05) is 48.3 Å². The van der Waals surface area contributed by atoms with Crippen molar-refractivity contribution in [3.05, 3.63) is 67.2 Å². The van der Waals surface area contributed by atoms with Crippen LogP contribution in [0.5, 0.6) is 0 Å². The Balaban J connectivity index is 0.000000471. The molecular weight excluding hydrogens is 682 g/mol. The molecule has 246 valence electrons. The first-order valence-electron chi connectivity index (χ1n) is 13.7. The first kappa shape index (κ1) is 40.0. The fourth-order valence-corrected chi connectivity index (χ4v) is 7.37. The van der Waals surface area contributed by atoms with Gasteiger partial charge >= 0.3 is 29.6 Å². The van der Waals surface area contributed by atoms with Crippen molar-refractivity contribution in [1.29, 1.82) is 0 Å². The summed E-state index contributed by atoms with van der Waals surface area (Å²) in [5.74, 6) is -7.47. The Labute approximate surface area is 304 Å². The summed E-state index contributed by atoms with van der Waals surface area (Å²) in [7, 11) is 0. The number of primary amides is 3. The zero-order chi connectivity index (χ0) is 34.2. The van der Waals surface area contributed by atoms with Crippen LogP contribution in [0.3, 0.4) is 0 Å². The maximum atomic E-state index is 12.9. The maximum absolute atomic E-state index is 12.9. The Morgan fingerprint density at radius 1 is 0.660 bits per heavy atom. The molecule has 4 unspecified atom stereocenters. The minimum Gasteiger partial charge on any atom is -1.00 e. The minimum absolute atomic E-state index is 0. The van der Waals surface area contributed by atoms with Crippen LogP contribution in [0.4, 0.5) is 0 Å². The van der Waals surface area contributed by atoms with Gasteiger partial charge in [-0.3, -0.25) is 38.4 Å². The van der Waals surface area contributed by atoms with Crippen LogP contribution in [-0.2, 0) is 44.8 Å². The number of carbonyl (C=O) groups is 8. The molecule has 0 aliphatic heterocycles. The minimum atomic E-state index is -2.35. The van der Waals surface area contributed by atoms with Crippen LogP contribution in [0.25, 0.3) is 0 Å². The number of ketones is 5. The molecule has 13 nitrogen and oxygen atoms in total. The van der Waals surface area contributed by atoms with Gasteiger partial charge in [0.15, 0.2) is 11.2 Å². The van der Waals surface area contributed by atoms with E-state index >= 15 is 0 Å². The molecule has 2 aliphatic carbocycles. The fourth-order valence-electron chi connectivity index (χ4n) is 4.93. The third-order valence-electron chi connectivity index (χ3n) is 7.48. The van der Waals surface area contributed by atoms with Crippen molar-refractivity contribution >= 4 is 80.6 Å². The van der Waals surface area contributed by atoms with Crippen molar-refractivity contribution < 1.29 is 79.6 Å². The Bertz CT molecular complexity index is 1530. The van der Waals surface area contributed by atoms with E-state index in [9.17, 15) is 48.6 Å². The summed E-state index contributed by atoms with van der Waals surface area (Å²) >= 11 is 3.27. The quantitative estimate of drug-likeness (QED) is 0.1000. The largest absolute Gasteiger partial charge is 1.00 e. The molecule has 3 aromatic heterocycles. The summed E-state index contributed by atoms with van der Waals surface area (Å²) in [5.41, 5.74) is 10.8. The number of hydrogen-bond donors (Lipinski definition) is 5. The Kier molecular flexibility index (Phi) is 14.7. The summed E-state index contributed by atoms with van der Waals surface area (Å²) in [6.07, 6.45) is 0.832.